The van der Waals surface area contributed by atoms with E-state index in [9.17, 15) is 19.5 Å². The third-order valence-electron chi connectivity index (χ3n) is 6.63. The second-order valence-corrected chi connectivity index (χ2v) is 9.99. The molecular formula is C26H42N4O4. The van der Waals surface area contributed by atoms with Gasteiger partial charge in [0.1, 0.15) is 6.04 Å². The number of aliphatic carboxylic acids is 1. The number of likely N-dealkylation sites (tertiary alicyclic amines) is 1. The molecule has 5 atom stereocenters. The predicted molar refractivity (Wildman–Crippen MR) is 133 cm³/mol. The Kier molecular flexibility index (Phi) is 11.0. The predicted octanol–water partition coefficient (Wildman–Crippen LogP) is 2.17. The maximum atomic E-state index is 13.1. The lowest BCUT2D eigenvalue weighted by atomic mass is 9.98. The Bertz CT molecular complexity index is 801. The number of carboxylic acids is 1. The Labute approximate surface area is 203 Å². The van der Waals surface area contributed by atoms with Crippen LogP contribution in [0.1, 0.15) is 58.9 Å². The minimum atomic E-state index is -1.01. The standard InChI is InChI=1S/C26H42N4O4/c1-5-18(4)23(26(33)34)29-25(32)22-12-9-13-30(22)16-20(15-19-10-7-6-8-11-19)28-24(31)21(27)14-17(2)3/h6-8,10-11,17-18,20-23H,5,9,12-16,27H2,1-4H3,(H,28,31)(H,29,32)(H,33,34). The van der Waals surface area contributed by atoms with Gasteiger partial charge < -0.3 is 21.5 Å². The van der Waals surface area contributed by atoms with E-state index in [2.05, 4.69) is 15.5 Å². The number of carbonyl (C=O) groups excluding carboxylic acids is 2. The van der Waals surface area contributed by atoms with Gasteiger partial charge in [-0.1, -0.05) is 64.4 Å². The van der Waals surface area contributed by atoms with Crippen molar-refractivity contribution < 1.29 is 19.5 Å². The molecule has 8 heteroatoms. The number of nitrogens with two attached hydrogens (primary N) is 1. The average molecular weight is 475 g/mol. The van der Waals surface area contributed by atoms with Crippen LogP contribution in [0.2, 0.25) is 0 Å². The molecule has 0 spiro atoms. The smallest absolute Gasteiger partial charge is 0.326 e. The van der Waals surface area contributed by atoms with Gasteiger partial charge in [-0.15, -0.1) is 0 Å². The SMILES string of the molecule is CCC(C)C(NC(=O)C1CCCN1CC(Cc1ccccc1)NC(=O)C(N)CC(C)C)C(=O)O. The zero-order valence-electron chi connectivity index (χ0n) is 21.0. The van der Waals surface area contributed by atoms with Crippen LogP contribution in [0.4, 0.5) is 0 Å². The summed E-state index contributed by atoms with van der Waals surface area (Å²) in [6, 6.07) is 7.80. The molecule has 2 rings (SSSR count). The second kappa shape index (κ2) is 13.4. The van der Waals surface area contributed by atoms with E-state index < -0.39 is 24.1 Å². The lowest BCUT2D eigenvalue weighted by Gasteiger charge is -2.31. The van der Waals surface area contributed by atoms with Crippen LogP contribution >= 0.6 is 0 Å². The van der Waals surface area contributed by atoms with E-state index in [4.69, 9.17) is 5.73 Å². The minimum absolute atomic E-state index is 0.163. The molecule has 5 unspecified atom stereocenters. The van der Waals surface area contributed by atoms with Gasteiger partial charge in [-0.25, -0.2) is 4.79 Å². The fraction of sp³-hybridized carbons (Fsp3) is 0.654. The highest BCUT2D eigenvalue weighted by Crippen LogP contribution is 2.20. The van der Waals surface area contributed by atoms with Gasteiger partial charge in [-0.2, -0.15) is 0 Å². The molecule has 0 aromatic heterocycles. The van der Waals surface area contributed by atoms with E-state index in [1.165, 1.54) is 0 Å². The van der Waals surface area contributed by atoms with Crippen molar-refractivity contribution in [3.8, 4) is 0 Å². The van der Waals surface area contributed by atoms with Crippen LogP contribution in [0.15, 0.2) is 30.3 Å². The number of carboxylic acid groups (broad SMARTS) is 1. The molecule has 1 aliphatic rings. The number of hydrogen-bond donors (Lipinski definition) is 4. The number of amides is 2. The van der Waals surface area contributed by atoms with Crippen LogP contribution in [0, 0.1) is 11.8 Å². The Balaban J connectivity index is 2.12. The summed E-state index contributed by atoms with van der Waals surface area (Å²) in [5, 5.41) is 15.4. The molecule has 0 radical (unpaired) electrons. The molecule has 1 saturated heterocycles. The maximum Gasteiger partial charge on any atom is 0.326 e. The Morgan fingerprint density at radius 3 is 2.41 bits per heavy atom. The molecule has 0 saturated carbocycles. The molecule has 1 aromatic carbocycles. The Hall–Kier alpha value is -2.45. The monoisotopic (exact) mass is 474 g/mol. The molecule has 1 aromatic rings. The number of hydrogen-bond acceptors (Lipinski definition) is 5. The van der Waals surface area contributed by atoms with Crippen molar-refractivity contribution in [2.24, 2.45) is 17.6 Å². The number of carbonyl (C=O) groups is 3. The zero-order chi connectivity index (χ0) is 25.3. The van der Waals surface area contributed by atoms with E-state index in [0.717, 1.165) is 18.5 Å². The van der Waals surface area contributed by atoms with Gasteiger partial charge in [-0.3, -0.25) is 14.5 Å². The molecule has 1 heterocycles. The second-order valence-electron chi connectivity index (χ2n) is 9.99. The topological polar surface area (TPSA) is 125 Å². The summed E-state index contributed by atoms with van der Waals surface area (Å²) in [5.41, 5.74) is 7.21. The molecule has 0 bridgehead atoms. The summed E-state index contributed by atoms with van der Waals surface area (Å²) in [7, 11) is 0. The highest BCUT2D eigenvalue weighted by Gasteiger charge is 2.35. The highest BCUT2D eigenvalue weighted by atomic mass is 16.4. The van der Waals surface area contributed by atoms with Crippen LogP contribution < -0.4 is 16.4 Å². The summed E-state index contributed by atoms with van der Waals surface area (Å²) < 4.78 is 0. The molecule has 34 heavy (non-hydrogen) atoms. The van der Waals surface area contributed by atoms with Crippen LogP contribution in [-0.4, -0.2) is 65.0 Å². The molecule has 1 aliphatic heterocycles. The quantitative estimate of drug-likeness (QED) is 0.347. The molecule has 8 nitrogen and oxygen atoms in total. The zero-order valence-corrected chi connectivity index (χ0v) is 21.0. The molecule has 5 N–H and O–H groups in total. The van der Waals surface area contributed by atoms with Crippen molar-refractivity contribution >= 4 is 17.8 Å². The summed E-state index contributed by atoms with van der Waals surface area (Å²) >= 11 is 0. The largest absolute Gasteiger partial charge is 0.480 e. The summed E-state index contributed by atoms with van der Waals surface area (Å²) in [5.74, 6) is -1.30. The average Bonchev–Trinajstić information content (AvgIpc) is 3.24. The van der Waals surface area contributed by atoms with Crippen molar-refractivity contribution in [3.05, 3.63) is 35.9 Å². The lowest BCUT2D eigenvalue weighted by Crippen LogP contribution is -2.55. The van der Waals surface area contributed by atoms with Crippen LogP contribution in [0.5, 0.6) is 0 Å². The lowest BCUT2D eigenvalue weighted by molar-refractivity contribution is -0.144. The van der Waals surface area contributed by atoms with E-state index in [0.29, 0.717) is 38.1 Å². The van der Waals surface area contributed by atoms with Crippen molar-refractivity contribution in [3.63, 3.8) is 0 Å². The minimum Gasteiger partial charge on any atom is -0.480 e. The van der Waals surface area contributed by atoms with Crippen molar-refractivity contribution in [2.45, 2.75) is 84.0 Å². The molecule has 190 valence electrons. The van der Waals surface area contributed by atoms with E-state index >= 15 is 0 Å². The first-order valence-corrected chi connectivity index (χ1v) is 12.5. The van der Waals surface area contributed by atoms with Crippen LogP contribution in [0.3, 0.4) is 0 Å². The third kappa shape index (κ3) is 8.40. The summed E-state index contributed by atoms with van der Waals surface area (Å²) in [4.78, 5) is 39.6. The van der Waals surface area contributed by atoms with E-state index in [-0.39, 0.29) is 23.8 Å². The Morgan fingerprint density at radius 1 is 1.15 bits per heavy atom. The maximum absolute atomic E-state index is 13.1. The third-order valence-corrected chi connectivity index (χ3v) is 6.63. The first-order valence-electron chi connectivity index (χ1n) is 12.5. The fourth-order valence-corrected chi connectivity index (χ4v) is 4.54. The van der Waals surface area contributed by atoms with Gasteiger partial charge in [0.25, 0.3) is 0 Å². The molecule has 2 amide bonds. The number of rotatable bonds is 13. The first-order chi connectivity index (χ1) is 16.1. The van der Waals surface area contributed by atoms with Gasteiger partial charge in [0.2, 0.25) is 11.8 Å². The van der Waals surface area contributed by atoms with Crippen LogP contribution in [0.25, 0.3) is 0 Å². The van der Waals surface area contributed by atoms with E-state index in [1.807, 2.05) is 58.0 Å². The number of benzene rings is 1. The highest BCUT2D eigenvalue weighted by molar-refractivity contribution is 5.87. The first kappa shape index (κ1) is 27.8. The van der Waals surface area contributed by atoms with Crippen LogP contribution in [-0.2, 0) is 20.8 Å². The Morgan fingerprint density at radius 2 is 1.82 bits per heavy atom. The van der Waals surface area contributed by atoms with Crippen molar-refractivity contribution in [2.75, 3.05) is 13.1 Å². The van der Waals surface area contributed by atoms with Gasteiger partial charge >= 0.3 is 5.97 Å². The molecule has 1 fully saturated rings. The number of nitrogens with zero attached hydrogens (tertiary/aromatic N) is 1. The summed E-state index contributed by atoms with van der Waals surface area (Å²) in [6.45, 7) is 9.02. The fourth-order valence-electron chi connectivity index (χ4n) is 4.54. The van der Waals surface area contributed by atoms with E-state index in [1.54, 1.807) is 0 Å². The molecular weight excluding hydrogens is 432 g/mol. The summed E-state index contributed by atoms with van der Waals surface area (Å²) in [6.07, 6.45) is 3.39. The van der Waals surface area contributed by atoms with Crippen molar-refractivity contribution in [1.29, 1.82) is 0 Å². The van der Waals surface area contributed by atoms with Crippen molar-refractivity contribution in [1.82, 2.24) is 15.5 Å². The van der Waals surface area contributed by atoms with Gasteiger partial charge in [0.15, 0.2) is 0 Å². The van der Waals surface area contributed by atoms with Gasteiger partial charge in [0, 0.05) is 12.6 Å². The normalized spacial score (nSPS) is 19.9. The van der Waals surface area contributed by atoms with Gasteiger partial charge in [-0.05, 0) is 49.6 Å². The van der Waals surface area contributed by atoms with Gasteiger partial charge in [0.05, 0.1) is 12.1 Å². The number of nitrogens with one attached hydrogen (secondary N) is 2. The molecule has 0 aliphatic carbocycles.